The van der Waals surface area contributed by atoms with Gasteiger partial charge in [-0.05, 0) is 43.0 Å². The second-order valence-corrected chi connectivity index (χ2v) is 9.04. The molecule has 2 N–H and O–H groups in total. The van der Waals surface area contributed by atoms with Gasteiger partial charge in [0.05, 0.1) is 11.5 Å². The normalized spacial score (nSPS) is 18.7. The van der Waals surface area contributed by atoms with Crippen LogP contribution in [0.3, 0.4) is 0 Å². The van der Waals surface area contributed by atoms with Crippen LogP contribution < -0.4 is 14.8 Å². The smallest absolute Gasteiger partial charge is 0.240 e. The molecule has 9 heteroatoms. The van der Waals surface area contributed by atoms with Gasteiger partial charge >= 0.3 is 0 Å². The Morgan fingerprint density at radius 1 is 1.04 bits per heavy atom. The molecule has 162 valence electrons. The number of nitrogens with one attached hydrogen (secondary N) is 2. The Balaban J connectivity index is 0.00000196. The van der Waals surface area contributed by atoms with E-state index in [4.69, 9.17) is 4.74 Å². The maximum atomic E-state index is 12.4. The van der Waals surface area contributed by atoms with Crippen molar-refractivity contribution in [3.05, 3.63) is 24.3 Å². The minimum atomic E-state index is -3.46. The van der Waals surface area contributed by atoms with Crippen molar-refractivity contribution in [2.24, 2.45) is 5.92 Å². The number of sulfonamides is 1. The molecule has 0 atom stereocenters. The summed E-state index contributed by atoms with van der Waals surface area (Å²) in [5.74, 6) is 1.38. The third-order valence-electron chi connectivity index (χ3n) is 5.27. The van der Waals surface area contributed by atoms with E-state index in [1.54, 1.807) is 24.3 Å². The lowest BCUT2D eigenvalue weighted by Crippen LogP contribution is -2.46. The summed E-state index contributed by atoms with van der Waals surface area (Å²) >= 11 is 0. The lowest BCUT2D eigenvalue weighted by atomic mass is 9.90. The summed E-state index contributed by atoms with van der Waals surface area (Å²) in [6.45, 7) is 5.77. The van der Waals surface area contributed by atoms with Gasteiger partial charge < -0.3 is 10.1 Å². The van der Waals surface area contributed by atoms with Gasteiger partial charge in [0.1, 0.15) is 5.75 Å². The molecule has 0 aromatic heterocycles. The second kappa shape index (κ2) is 12.9. The van der Waals surface area contributed by atoms with Crippen LogP contribution >= 0.6 is 24.8 Å². The Labute approximate surface area is 181 Å². The highest BCUT2D eigenvalue weighted by Gasteiger charge is 2.16. The number of piperazine rings is 1. The maximum absolute atomic E-state index is 12.4. The Kier molecular flexibility index (Phi) is 11.7. The van der Waals surface area contributed by atoms with Crippen LogP contribution in [0, 0.1) is 5.92 Å². The summed E-state index contributed by atoms with van der Waals surface area (Å²) in [5.41, 5.74) is 0. The fraction of sp³-hybridized carbons (Fsp3) is 0.684. The number of halogens is 2. The molecule has 2 fully saturated rings. The third kappa shape index (κ3) is 8.05. The van der Waals surface area contributed by atoms with Crippen molar-refractivity contribution in [2.75, 3.05) is 45.9 Å². The monoisotopic (exact) mass is 453 g/mol. The summed E-state index contributed by atoms with van der Waals surface area (Å²) < 4.78 is 33.4. The third-order valence-corrected chi connectivity index (χ3v) is 6.75. The molecule has 28 heavy (non-hydrogen) atoms. The maximum Gasteiger partial charge on any atom is 0.240 e. The first-order chi connectivity index (χ1) is 12.6. The molecule has 1 aliphatic heterocycles. The van der Waals surface area contributed by atoms with Crippen LogP contribution in [0.4, 0.5) is 0 Å². The van der Waals surface area contributed by atoms with E-state index >= 15 is 0 Å². The van der Waals surface area contributed by atoms with Crippen LogP contribution in [0.1, 0.15) is 32.1 Å². The quantitative estimate of drug-likeness (QED) is 0.632. The average molecular weight is 454 g/mol. The molecular weight excluding hydrogens is 421 g/mol. The van der Waals surface area contributed by atoms with E-state index in [1.807, 2.05) is 0 Å². The molecule has 1 aromatic carbocycles. The summed E-state index contributed by atoms with van der Waals surface area (Å²) in [4.78, 5) is 2.56. The van der Waals surface area contributed by atoms with E-state index in [1.165, 1.54) is 32.1 Å². The molecule has 1 heterocycles. The van der Waals surface area contributed by atoms with E-state index in [0.717, 1.165) is 45.1 Å². The van der Waals surface area contributed by atoms with Crippen LogP contribution in [0.25, 0.3) is 0 Å². The number of hydrogen-bond donors (Lipinski definition) is 2. The zero-order valence-corrected chi connectivity index (χ0v) is 18.7. The lowest BCUT2D eigenvalue weighted by Gasteiger charge is -2.27. The summed E-state index contributed by atoms with van der Waals surface area (Å²) in [6, 6.07) is 6.77. The zero-order valence-electron chi connectivity index (χ0n) is 16.3. The van der Waals surface area contributed by atoms with E-state index < -0.39 is 10.0 Å². The van der Waals surface area contributed by atoms with Crippen LogP contribution in [-0.4, -0.2) is 59.2 Å². The fourth-order valence-corrected chi connectivity index (χ4v) is 4.66. The fourth-order valence-electron chi connectivity index (χ4n) is 3.64. The molecule has 0 bridgehead atoms. The number of ether oxygens (including phenoxy) is 1. The van der Waals surface area contributed by atoms with E-state index in [9.17, 15) is 8.42 Å². The number of benzene rings is 1. The van der Waals surface area contributed by atoms with Gasteiger partial charge in [0.25, 0.3) is 0 Å². The minimum Gasteiger partial charge on any atom is -0.493 e. The van der Waals surface area contributed by atoms with Crippen molar-refractivity contribution in [2.45, 2.75) is 37.0 Å². The predicted molar refractivity (Wildman–Crippen MR) is 118 cm³/mol. The Morgan fingerprint density at radius 3 is 2.32 bits per heavy atom. The van der Waals surface area contributed by atoms with Crippen molar-refractivity contribution in [3.8, 4) is 5.75 Å². The molecule has 1 aromatic rings. The van der Waals surface area contributed by atoms with Crippen molar-refractivity contribution < 1.29 is 13.2 Å². The van der Waals surface area contributed by atoms with Crippen LogP contribution in [0.5, 0.6) is 5.75 Å². The van der Waals surface area contributed by atoms with Crippen molar-refractivity contribution in [1.29, 1.82) is 0 Å². The highest BCUT2D eigenvalue weighted by Crippen LogP contribution is 2.25. The standard InChI is InChI=1S/C19H31N3O3S.2ClH/c23-26(24,21-12-15-22-13-10-20-11-14-22)19-8-6-18(7-9-19)25-16-17-4-2-1-3-5-17;;/h6-9,17,20-21H,1-5,10-16H2;2*1H. The molecule has 1 aliphatic carbocycles. The highest BCUT2D eigenvalue weighted by atomic mass is 35.5. The number of nitrogens with zero attached hydrogens (tertiary/aromatic N) is 1. The first-order valence-electron chi connectivity index (χ1n) is 9.79. The topological polar surface area (TPSA) is 70.7 Å². The molecular formula is C19H33Cl2N3O3S. The summed E-state index contributed by atoms with van der Waals surface area (Å²) in [6.07, 6.45) is 6.41. The highest BCUT2D eigenvalue weighted by molar-refractivity contribution is 7.89. The van der Waals surface area contributed by atoms with Gasteiger partial charge in [0.2, 0.25) is 10.0 Å². The number of hydrogen-bond acceptors (Lipinski definition) is 5. The molecule has 0 radical (unpaired) electrons. The molecule has 2 aliphatic rings. The lowest BCUT2D eigenvalue weighted by molar-refractivity contribution is 0.209. The van der Waals surface area contributed by atoms with Gasteiger partial charge in [0.15, 0.2) is 0 Å². The summed E-state index contributed by atoms with van der Waals surface area (Å²) in [5, 5.41) is 3.29. The largest absolute Gasteiger partial charge is 0.493 e. The molecule has 0 unspecified atom stereocenters. The Morgan fingerprint density at radius 2 is 1.68 bits per heavy atom. The van der Waals surface area contributed by atoms with E-state index in [2.05, 4.69) is 14.9 Å². The van der Waals surface area contributed by atoms with Crippen LogP contribution in [0.15, 0.2) is 29.2 Å². The van der Waals surface area contributed by atoms with Gasteiger partial charge in [0, 0.05) is 39.3 Å². The van der Waals surface area contributed by atoms with Crippen LogP contribution in [0.2, 0.25) is 0 Å². The molecule has 1 saturated heterocycles. The SMILES string of the molecule is Cl.Cl.O=S(=O)(NCCN1CCNCC1)c1ccc(OCC2CCCCC2)cc1. The van der Waals surface area contributed by atoms with Gasteiger partial charge in [-0.1, -0.05) is 19.3 Å². The molecule has 1 saturated carbocycles. The van der Waals surface area contributed by atoms with Crippen molar-refractivity contribution >= 4 is 34.8 Å². The summed E-state index contributed by atoms with van der Waals surface area (Å²) in [7, 11) is -3.46. The van der Waals surface area contributed by atoms with Gasteiger partial charge in [-0.15, -0.1) is 24.8 Å². The minimum absolute atomic E-state index is 0. The second-order valence-electron chi connectivity index (χ2n) is 7.28. The molecule has 0 amide bonds. The number of rotatable bonds is 8. The van der Waals surface area contributed by atoms with Crippen molar-refractivity contribution in [3.63, 3.8) is 0 Å². The average Bonchev–Trinajstić information content (AvgIpc) is 2.68. The van der Waals surface area contributed by atoms with Gasteiger partial charge in [-0.25, -0.2) is 13.1 Å². The molecule has 6 nitrogen and oxygen atoms in total. The Bertz CT molecular complexity index is 647. The Hall–Kier alpha value is -0.570. The zero-order chi connectivity index (χ0) is 18.2. The molecule has 3 rings (SSSR count). The first kappa shape index (κ1) is 25.5. The molecule has 0 spiro atoms. The van der Waals surface area contributed by atoms with Crippen molar-refractivity contribution in [1.82, 2.24) is 14.9 Å². The predicted octanol–water partition coefficient (Wildman–Crippen LogP) is 2.67. The van der Waals surface area contributed by atoms with Gasteiger partial charge in [-0.2, -0.15) is 0 Å². The first-order valence-corrected chi connectivity index (χ1v) is 11.3. The van der Waals surface area contributed by atoms with Gasteiger partial charge in [-0.3, -0.25) is 4.90 Å². The van der Waals surface area contributed by atoms with E-state index in [-0.39, 0.29) is 24.8 Å². The van der Waals surface area contributed by atoms with Crippen LogP contribution in [-0.2, 0) is 10.0 Å². The van der Waals surface area contributed by atoms with E-state index in [0.29, 0.717) is 17.4 Å².